The van der Waals surface area contributed by atoms with Crippen molar-refractivity contribution in [1.82, 2.24) is 19.9 Å². The van der Waals surface area contributed by atoms with Crippen LogP contribution in [-0.2, 0) is 12.4 Å². The quantitative estimate of drug-likeness (QED) is 0.296. The SMILES string of the molecule is Nn1c(SCc2csc(COc3ccc(Cl)cc3)n2)nnc1-c1ccccc1Cl. The molecule has 0 fully saturated rings. The highest BCUT2D eigenvalue weighted by molar-refractivity contribution is 7.98. The minimum Gasteiger partial charge on any atom is -0.486 e. The monoisotopic (exact) mass is 463 g/mol. The summed E-state index contributed by atoms with van der Waals surface area (Å²) in [6, 6.07) is 14.6. The standard InChI is InChI=1S/C19H15Cl2N5OS2/c20-12-5-7-14(8-6-12)27-9-17-23-13(10-28-17)11-29-19-25-24-18(26(19)22)15-3-1-2-4-16(15)21/h1-8,10H,9,11,22H2. The number of hydrogen-bond donors (Lipinski definition) is 1. The zero-order chi connectivity index (χ0) is 20.2. The molecule has 0 atom stereocenters. The van der Waals surface area contributed by atoms with E-state index in [0.717, 1.165) is 22.0 Å². The summed E-state index contributed by atoms with van der Waals surface area (Å²) in [6.45, 7) is 0.403. The highest BCUT2D eigenvalue weighted by Crippen LogP contribution is 2.29. The number of hydrogen-bond acceptors (Lipinski definition) is 7. The van der Waals surface area contributed by atoms with Crippen LogP contribution in [0.15, 0.2) is 59.1 Å². The van der Waals surface area contributed by atoms with E-state index >= 15 is 0 Å². The van der Waals surface area contributed by atoms with E-state index < -0.39 is 0 Å². The zero-order valence-corrected chi connectivity index (χ0v) is 18.1. The average Bonchev–Trinajstić information content (AvgIpc) is 3.33. The molecule has 2 aromatic heterocycles. The van der Waals surface area contributed by atoms with Gasteiger partial charge in [-0.05, 0) is 36.4 Å². The van der Waals surface area contributed by atoms with Crippen LogP contribution in [0.1, 0.15) is 10.7 Å². The van der Waals surface area contributed by atoms with Gasteiger partial charge in [-0.25, -0.2) is 9.66 Å². The average molecular weight is 464 g/mol. The summed E-state index contributed by atoms with van der Waals surface area (Å²) in [5.41, 5.74) is 1.67. The predicted octanol–water partition coefficient (Wildman–Crippen LogP) is 5.29. The summed E-state index contributed by atoms with van der Waals surface area (Å²) in [4.78, 5) is 4.59. The lowest BCUT2D eigenvalue weighted by Crippen LogP contribution is -2.11. The third-order valence-corrected chi connectivity index (χ3v) is 6.33. The van der Waals surface area contributed by atoms with Gasteiger partial charge in [-0.15, -0.1) is 21.5 Å². The minimum absolute atomic E-state index is 0.403. The van der Waals surface area contributed by atoms with Crippen LogP contribution >= 0.6 is 46.3 Å². The zero-order valence-electron chi connectivity index (χ0n) is 15.0. The molecule has 2 heterocycles. The Morgan fingerprint density at radius 1 is 1.07 bits per heavy atom. The van der Waals surface area contributed by atoms with Crippen molar-refractivity contribution < 1.29 is 4.74 Å². The van der Waals surface area contributed by atoms with Crippen LogP contribution in [0.4, 0.5) is 0 Å². The highest BCUT2D eigenvalue weighted by Gasteiger charge is 2.15. The number of aromatic nitrogens is 4. The van der Waals surface area contributed by atoms with E-state index in [-0.39, 0.29) is 0 Å². The number of nitrogens with two attached hydrogens (primary N) is 1. The maximum Gasteiger partial charge on any atom is 0.210 e. The van der Waals surface area contributed by atoms with Gasteiger partial charge >= 0.3 is 0 Å². The molecule has 4 rings (SSSR count). The van der Waals surface area contributed by atoms with E-state index in [1.54, 1.807) is 29.5 Å². The summed E-state index contributed by atoms with van der Waals surface area (Å²) < 4.78 is 7.18. The van der Waals surface area contributed by atoms with E-state index in [9.17, 15) is 0 Å². The number of thiazole rings is 1. The van der Waals surface area contributed by atoms with Gasteiger partial charge in [0.1, 0.15) is 17.4 Å². The van der Waals surface area contributed by atoms with E-state index in [1.165, 1.54) is 16.4 Å². The molecule has 0 spiro atoms. The number of halogens is 2. The maximum absolute atomic E-state index is 6.23. The smallest absolute Gasteiger partial charge is 0.210 e. The molecule has 2 N–H and O–H groups in total. The summed E-state index contributed by atoms with van der Waals surface area (Å²) in [6.07, 6.45) is 0. The van der Waals surface area contributed by atoms with E-state index in [2.05, 4.69) is 15.2 Å². The van der Waals surface area contributed by atoms with Crippen LogP contribution in [0.2, 0.25) is 10.0 Å². The van der Waals surface area contributed by atoms with Gasteiger partial charge in [0.05, 0.1) is 10.7 Å². The van der Waals surface area contributed by atoms with Crippen molar-refractivity contribution in [1.29, 1.82) is 0 Å². The van der Waals surface area contributed by atoms with Crippen molar-refractivity contribution in [2.45, 2.75) is 17.5 Å². The van der Waals surface area contributed by atoms with Crippen molar-refractivity contribution in [2.24, 2.45) is 0 Å². The molecule has 6 nitrogen and oxygen atoms in total. The van der Waals surface area contributed by atoms with Crippen LogP contribution in [0, 0.1) is 0 Å². The fourth-order valence-electron chi connectivity index (χ4n) is 2.50. The van der Waals surface area contributed by atoms with Crippen molar-refractivity contribution in [3.63, 3.8) is 0 Å². The lowest BCUT2D eigenvalue weighted by molar-refractivity contribution is 0.305. The van der Waals surface area contributed by atoms with Crippen molar-refractivity contribution in [3.8, 4) is 17.1 Å². The Morgan fingerprint density at radius 3 is 2.66 bits per heavy atom. The molecule has 0 unspecified atom stereocenters. The molecule has 0 radical (unpaired) electrons. The van der Waals surface area contributed by atoms with Gasteiger partial charge in [0, 0.05) is 21.7 Å². The molecule has 0 aliphatic rings. The predicted molar refractivity (Wildman–Crippen MR) is 118 cm³/mol. The van der Waals surface area contributed by atoms with Crippen LogP contribution in [0.25, 0.3) is 11.4 Å². The van der Waals surface area contributed by atoms with Gasteiger partial charge < -0.3 is 10.6 Å². The second-order valence-electron chi connectivity index (χ2n) is 5.92. The summed E-state index contributed by atoms with van der Waals surface area (Å²) in [5, 5.41) is 13.1. The molecule has 0 bridgehead atoms. The summed E-state index contributed by atoms with van der Waals surface area (Å²) >= 11 is 15.1. The Morgan fingerprint density at radius 2 is 1.86 bits per heavy atom. The Hall–Kier alpha value is -2.26. The maximum atomic E-state index is 6.23. The van der Waals surface area contributed by atoms with Crippen LogP contribution in [-0.4, -0.2) is 19.9 Å². The second kappa shape index (κ2) is 9.04. The van der Waals surface area contributed by atoms with Crippen LogP contribution < -0.4 is 10.6 Å². The van der Waals surface area contributed by atoms with Gasteiger partial charge in [0.25, 0.3) is 0 Å². The largest absolute Gasteiger partial charge is 0.486 e. The first-order chi connectivity index (χ1) is 14.1. The van der Waals surface area contributed by atoms with E-state index in [4.69, 9.17) is 33.8 Å². The van der Waals surface area contributed by atoms with Crippen LogP contribution in [0.3, 0.4) is 0 Å². The fourth-order valence-corrected chi connectivity index (χ4v) is 4.40. The molecule has 4 aromatic rings. The van der Waals surface area contributed by atoms with Gasteiger partial charge in [-0.2, -0.15) is 0 Å². The van der Waals surface area contributed by atoms with Gasteiger partial charge in [0.2, 0.25) is 5.16 Å². The van der Waals surface area contributed by atoms with Crippen molar-refractivity contribution in [3.05, 3.63) is 74.7 Å². The fraction of sp³-hybridized carbons (Fsp3) is 0.105. The highest BCUT2D eigenvalue weighted by atomic mass is 35.5. The number of ether oxygens (including phenoxy) is 1. The molecule has 0 saturated heterocycles. The molecule has 0 amide bonds. The molecule has 10 heteroatoms. The molecule has 2 aromatic carbocycles. The first-order valence-electron chi connectivity index (χ1n) is 8.50. The third kappa shape index (κ3) is 4.84. The lowest BCUT2D eigenvalue weighted by atomic mass is 10.2. The normalized spacial score (nSPS) is 11.0. The van der Waals surface area contributed by atoms with E-state index in [1.807, 2.05) is 35.7 Å². The van der Waals surface area contributed by atoms with Crippen molar-refractivity contribution >= 4 is 46.3 Å². The number of nitrogens with zero attached hydrogens (tertiary/aromatic N) is 4. The topological polar surface area (TPSA) is 78.9 Å². The first kappa shape index (κ1) is 20.0. The third-order valence-electron chi connectivity index (χ3n) is 3.90. The molecule has 0 aliphatic heterocycles. The van der Waals surface area contributed by atoms with E-state index in [0.29, 0.717) is 33.4 Å². The summed E-state index contributed by atoms with van der Waals surface area (Å²) in [7, 11) is 0. The Bertz CT molecular complexity index is 1110. The number of rotatable bonds is 7. The van der Waals surface area contributed by atoms with Crippen molar-refractivity contribution in [2.75, 3.05) is 5.84 Å². The Balaban J connectivity index is 1.36. The Labute approximate surface area is 185 Å². The number of nitrogen functional groups attached to an aromatic ring is 1. The molecular formula is C19H15Cl2N5OS2. The first-order valence-corrected chi connectivity index (χ1v) is 11.1. The van der Waals surface area contributed by atoms with Gasteiger partial charge in [-0.1, -0.05) is 47.1 Å². The van der Waals surface area contributed by atoms with Crippen LogP contribution in [0.5, 0.6) is 5.75 Å². The molecular weight excluding hydrogens is 449 g/mol. The molecule has 0 saturated carbocycles. The Kier molecular flexibility index (Phi) is 6.25. The minimum atomic E-state index is 0.403. The molecule has 148 valence electrons. The molecule has 0 aliphatic carbocycles. The number of thioether (sulfide) groups is 1. The number of benzene rings is 2. The second-order valence-corrected chi connectivity index (χ2v) is 8.65. The molecule has 29 heavy (non-hydrogen) atoms. The summed E-state index contributed by atoms with van der Waals surface area (Å²) in [5.74, 6) is 8.06. The van der Waals surface area contributed by atoms with Gasteiger partial charge in [-0.3, -0.25) is 0 Å². The lowest BCUT2D eigenvalue weighted by Gasteiger charge is -2.04. The van der Waals surface area contributed by atoms with Gasteiger partial charge in [0.15, 0.2) is 5.82 Å².